The van der Waals surface area contributed by atoms with Gasteiger partial charge in [-0.15, -0.1) is 0 Å². The Morgan fingerprint density at radius 3 is 2.62 bits per heavy atom. The minimum Gasteiger partial charge on any atom is -0.444 e. The second-order valence-corrected chi connectivity index (χ2v) is 7.46. The van der Waals surface area contributed by atoms with Crippen molar-refractivity contribution in [2.24, 2.45) is 5.92 Å². The first kappa shape index (κ1) is 18.0. The molecule has 1 saturated heterocycles. The highest BCUT2D eigenvalue weighted by Gasteiger charge is 2.30. The Morgan fingerprint density at radius 2 is 1.96 bits per heavy atom. The van der Waals surface area contributed by atoms with E-state index in [2.05, 4.69) is 10.3 Å². The molecule has 8 nitrogen and oxygen atoms in total. The number of aromatic amines is 1. The van der Waals surface area contributed by atoms with Gasteiger partial charge in [0.2, 0.25) is 5.91 Å². The number of oxazole rings is 1. The van der Waals surface area contributed by atoms with Crippen LogP contribution < -0.4 is 11.1 Å². The van der Waals surface area contributed by atoms with Crippen molar-refractivity contribution >= 4 is 28.8 Å². The topological polar surface area (TPSA) is 105 Å². The van der Waals surface area contributed by atoms with E-state index in [1.165, 1.54) is 0 Å². The average Bonchev–Trinajstić information content (AvgIpc) is 2.92. The van der Waals surface area contributed by atoms with E-state index in [-0.39, 0.29) is 17.9 Å². The van der Waals surface area contributed by atoms with Gasteiger partial charge >= 0.3 is 11.8 Å². The molecule has 0 saturated carbocycles. The molecule has 2 aromatic rings. The van der Waals surface area contributed by atoms with Gasteiger partial charge in [0.05, 0.1) is 5.52 Å². The average molecular weight is 361 g/mol. The van der Waals surface area contributed by atoms with Gasteiger partial charge in [-0.1, -0.05) is 0 Å². The molecule has 0 atom stereocenters. The van der Waals surface area contributed by atoms with Crippen LogP contribution in [0.25, 0.3) is 11.1 Å². The van der Waals surface area contributed by atoms with Crippen molar-refractivity contribution in [3.63, 3.8) is 0 Å². The van der Waals surface area contributed by atoms with Crippen LogP contribution in [0.2, 0.25) is 0 Å². The van der Waals surface area contributed by atoms with Gasteiger partial charge in [-0.2, -0.15) is 0 Å². The molecular weight excluding hydrogens is 338 g/mol. The van der Waals surface area contributed by atoms with E-state index in [4.69, 9.17) is 9.15 Å². The molecule has 1 aliphatic heterocycles. The third-order valence-corrected chi connectivity index (χ3v) is 4.21. The number of rotatable bonds is 2. The van der Waals surface area contributed by atoms with Crippen LogP contribution >= 0.6 is 0 Å². The first-order valence-corrected chi connectivity index (χ1v) is 8.63. The predicted molar refractivity (Wildman–Crippen MR) is 96.0 cm³/mol. The third-order valence-electron chi connectivity index (χ3n) is 4.21. The van der Waals surface area contributed by atoms with Crippen molar-refractivity contribution in [2.75, 3.05) is 18.4 Å². The minimum atomic E-state index is -0.531. The summed E-state index contributed by atoms with van der Waals surface area (Å²) in [6, 6.07) is 5.00. The van der Waals surface area contributed by atoms with Gasteiger partial charge < -0.3 is 19.4 Å². The number of likely N-dealkylation sites (tertiary alicyclic amines) is 1. The molecular formula is C18H23N3O5. The lowest BCUT2D eigenvalue weighted by molar-refractivity contribution is -0.121. The molecule has 2 N–H and O–H groups in total. The molecule has 0 radical (unpaired) electrons. The van der Waals surface area contributed by atoms with Crippen LogP contribution in [0.4, 0.5) is 10.5 Å². The fraction of sp³-hybridized carbons (Fsp3) is 0.500. The largest absolute Gasteiger partial charge is 0.444 e. The molecule has 8 heteroatoms. The van der Waals surface area contributed by atoms with Crippen LogP contribution in [0.1, 0.15) is 33.6 Å². The van der Waals surface area contributed by atoms with Crippen LogP contribution in [-0.4, -0.2) is 40.6 Å². The van der Waals surface area contributed by atoms with Crippen molar-refractivity contribution in [3.05, 3.63) is 28.7 Å². The second-order valence-electron chi connectivity index (χ2n) is 7.46. The fourth-order valence-corrected chi connectivity index (χ4v) is 2.92. The highest BCUT2D eigenvalue weighted by atomic mass is 16.6. The van der Waals surface area contributed by atoms with Crippen LogP contribution in [0.3, 0.4) is 0 Å². The summed E-state index contributed by atoms with van der Waals surface area (Å²) in [5, 5.41) is 2.85. The van der Waals surface area contributed by atoms with Crippen molar-refractivity contribution < 1.29 is 18.7 Å². The smallest absolute Gasteiger partial charge is 0.417 e. The lowest BCUT2D eigenvalue weighted by Crippen LogP contribution is -2.43. The molecule has 0 unspecified atom stereocenters. The normalized spacial score (nSPS) is 15.9. The summed E-state index contributed by atoms with van der Waals surface area (Å²) in [5.74, 6) is -0.813. The SMILES string of the molecule is CC(C)(C)OC(=O)N1CCC(C(=O)Nc2ccc3[nH]c(=O)oc3c2)CC1. The summed E-state index contributed by atoms with van der Waals surface area (Å²) in [6.07, 6.45) is 0.809. The number of H-pyrrole nitrogens is 1. The molecule has 0 spiro atoms. The van der Waals surface area contributed by atoms with Crippen molar-refractivity contribution in [2.45, 2.75) is 39.2 Å². The zero-order valence-corrected chi connectivity index (χ0v) is 15.1. The van der Waals surface area contributed by atoms with E-state index in [9.17, 15) is 14.4 Å². The number of ether oxygens (including phenoxy) is 1. The predicted octanol–water partition coefficient (Wildman–Crippen LogP) is 2.71. The Bertz CT molecular complexity index is 869. The van der Waals surface area contributed by atoms with Gasteiger partial charge in [0, 0.05) is 30.8 Å². The highest BCUT2D eigenvalue weighted by molar-refractivity contribution is 5.94. The fourth-order valence-electron chi connectivity index (χ4n) is 2.92. The summed E-state index contributed by atoms with van der Waals surface area (Å²) < 4.78 is 10.4. The van der Waals surface area contributed by atoms with Gasteiger partial charge in [0.25, 0.3) is 0 Å². The van der Waals surface area contributed by atoms with Crippen molar-refractivity contribution in [3.8, 4) is 0 Å². The number of fused-ring (bicyclic) bond motifs is 1. The van der Waals surface area contributed by atoms with Gasteiger partial charge in [-0.05, 0) is 45.7 Å². The zero-order chi connectivity index (χ0) is 18.9. The van der Waals surface area contributed by atoms with Crippen LogP contribution in [0.5, 0.6) is 0 Å². The molecule has 140 valence electrons. The number of piperidine rings is 1. The molecule has 2 heterocycles. The quantitative estimate of drug-likeness (QED) is 0.856. The summed E-state index contributed by atoms with van der Waals surface area (Å²) in [7, 11) is 0. The maximum Gasteiger partial charge on any atom is 0.417 e. The summed E-state index contributed by atoms with van der Waals surface area (Å²) in [5.41, 5.74) is 1.02. The Morgan fingerprint density at radius 1 is 1.27 bits per heavy atom. The van der Waals surface area contributed by atoms with Gasteiger partial charge in [0.1, 0.15) is 5.60 Å². The second kappa shape index (κ2) is 6.86. The molecule has 26 heavy (non-hydrogen) atoms. The number of aromatic nitrogens is 1. The summed E-state index contributed by atoms with van der Waals surface area (Å²) >= 11 is 0. The number of carbonyl (C=O) groups is 2. The first-order valence-electron chi connectivity index (χ1n) is 8.63. The molecule has 3 rings (SSSR count). The van der Waals surface area contributed by atoms with Gasteiger partial charge in [-0.3, -0.25) is 9.78 Å². The van der Waals surface area contributed by atoms with Crippen molar-refractivity contribution in [1.29, 1.82) is 0 Å². The molecule has 0 aliphatic carbocycles. The van der Waals surface area contributed by atoms with E-state index < -0.39 is 11.4 Å². The zero-order valence-electron chi connectivity index (χ0n) is 15.1. The molecule has 1 aromatic heterocycles. The van der Waals surface area contributed by atoms with Crippen LogP contribution in [0.15, 0.2) is 27.4 Å². The van der Waals surface area contributed by atoms with E-state index in [1.807, 2.05) is 20.8 Å². The lowest BCUT2D eigenvalue weighted by Gasteiger charge is -2.32. The number of anilines is 1. The maximum absolute atomic E-state index is 12.5. The maximum atomic E-state index is 12.5. The van der Waals surface area contributed by atoms with E-state index in [1.54, 1.807) is 23.1 Å². The van der Waals surface area contributed by atoms with Gasteiger partial charge in [-0.25, -0.2) is 9.59 Å². The van der Waals surface area contributed by atoms with Crippen molar-refractivity contribution in [1.82, 2.24) is 9.88 Å². The van der Waals surface area contributed by atoms with Crippen LogP contribution in [-0.2, 0) is 9.53 Å². The Balaban J connectivity index is 1.56. The monoisotopic (exact) mass is 361 g/mol. The first-order chi connectivity index (χ1) is 12.2. The number of hydrogen-bond acceptors (Lipinski definition) is 5. The molecule has 1 fully saturated rings. The number of carbonyl (C=O) groups excluding carboxylic acids is 2. The van der Waals surface area contributed by atoms with Gasteiger partial charge in [0.15, 0.2) is 5.58 Å². The van der Waals surface area contributed by atoms with Crippen LogP contribution in [0, 0.1) is 5.92 Å². The Kier molecular flexibility index (Phi) is 4.76. The number of nitrogens with one attached hydrogen (secondary N) is 2. The highest BCUT2D eigenvalue weighted by Crippen LogP contribution is 2.22. The molecule has 0 bridgehead atoms. The number of benzene rings is 1. The number of amides is 2. The Labute approximate surface area is 150 Å². The minimum absolute atomic E-state index is 0.105. The lowest BCUT2D eigenvalue weighted by atomic mass is 9.96. The summed E-state index contributed by atoms with van der Waals surface area (Å²) in [6.45, 7) is 6.45. The summed E-state index contributed by atoms with van der Waals surface area (Å²) in [4.78, 5) is 39.9. The molecule has 2 amide bonds. The Hall–Kier alpha value is -2.77. The number of nitrogens with zero attached hydrogens (tertiary/aromatic N) is 1. The third kappa shape index (κ3) is 4.25. The number of hydrogen-bond donors (Lipinski definition) is 2. The van der Waals surface area contributed by atoms with E-state index in [0.29, 0.717) is 42.7 Å². The molecule has 1 aromatic carbocycles. The van der Waals surface area contributed by atoms with E-state index in [0.717, 1.165) is 0 Å². The standard InChI is InChI=1S/C18H23N3O5/c1-18(2,3)26-17(24)21-8-6-11(7-9-21)15(22)19-12-4-5-13-14(10-12)25-16(23)20-13/h4-5,10-11H,6-9H2,1-3H3,(H,19,22)(H,20,23). The van der Waals surface area contributed by atoms with E-state index >= 15 is 0 Å². The molecule has 1 aliphatic rings.